The van der Waals surface area contributed by atoms with E-state index in [1.807, 2.05) is 0 Å². The quantitative estimate of drug-likeness (QED) is 0.582. The summed E-state index contributed by atoms with van der Waals surface area (Å²) in [4.78, 5) is 22.7. The zero-order chi connectivity index (χ0) is 21.4. The van der Waals surface area contributed by atoms with Crippen molar-refractivity contribution in [3.63, 3.8) is 0 Å². The zero-order valence-electron chi connectivity index (χ0n) is 16.1. The fraction of sp³-hybridized carbons (Fsp3) is 0.316. The SMILES string of the molecule is CC(C)(NC(=O)c1ccc(S(C)(=O)=O)c([N+](=O)[O-])c1)c1ccc2c(c1)OCCO2. The molecule has 0 fully saturated rings. The van der Waals surface area contributed by atoms with E-state index in [4.69, 9.17) is 9.47 Å². The van der Waals surface area contributed by atoms with E-state index in [0.29, 0.717) is 24.7 Å². The monoisotopic (exact) mass is 420 g/mol. The second kappa shape index (κ2) is 7.36. The average Bonchev–Trinajstić information content (AvgIpc) is 2.66. The largest absolute Gasteiger partial charge is 0.486 e. The Hall–Kier alpha value is -3.14. The molecule has 0 bridgehead atoms. The van der Waals surface area contributed by atoms with Crippen LogP contribution in [0.3, 0.4) is 0 Å². The minimum absolute atomic E-state index is 0.0188. The highest BCUT2D eigenvalue weighted by atomic mass is 32.2. The fourth-order valence-corrected chi connectivity index (χ4v) is 3.80. The van der Waals surface area contributed by atoms with Gasteiger partial charge in [-0.2, -0.15) is 0 Å². The Kier molecular flexibility index (Phi) is 5.22. The van der Waals surface area contributed by atoms with Gasteiger partial charge in [-0.25, -0.2) is 8.42 Å². The Morgan fingerprint density at radius 2 is 1.76 bits per heavy atom. The first kappa shape index (κ1) is 20.6. The Morgan fingerprint density at radius 3 is 2.38 bits per heavy atom. The third kappa shape index (κ3) is 4.32. The van der Waals surface area contributed by atoms with Crippen molar-refractivity contribution in [1.82, 2.24) is 5.32 Å². The van der Waals surface area contributed by atoms with Crippen LogP contribution in [0.5, 0.6) is 11.5 Å². The molecule has 1 aliphatic heterocycles. The van der Waals surface area contributed by atoms with Gasteiger partial charge in [-0.3, -0.25) is 14.9 Å². The molecule has 2 aromatic rings. The predicted molar refractivity (Wildman–Crippen MR) is 104 cm³/mol. The van der Waals surface area contributed by atoms with E-state index >= 15 is 0 Å². The van der Waals surface area contributed by atoms with Gasteiger partial charge >= 0.3 is 0 Å². The molecule has 1 heterocycles. The number of ether oxygens (including phenoxy) is 2. The lowest BCUT2D eigenvalue weighted by molar-refractivity contribution is -0.387. The van der Waals surface area contributed by atoms with Gasteiger partial charge < -0.3 is 14.8 Å². The molecule has 0 unspecified atom stereocenters. The standard InChI is InChI=1S/C19H20N2O7S/c1-19(2,13-5-6-15-16(11-13)28-9-8-27-15)20-18(22)12-4-7-17(29(3,25)26)14(10-12)21(23)24/h4-7,10-11H,8-9H2,1-3H3,(H,20,22). The summed E-state index contributed by atoms with van der Waals surface area (Å²) < 4.78 is 34.5. The second-order valence-corrected chi connectivity index (χ2v) is 9.13. The summed E-state index contributed by atoms with van der Waals surface area (Å²) in [6, 6.07) is 8.60. The smallest absolute Gasteiger partial charge is 0.288 e. The molecular weight excluding hydrogens is 400 g/mol. The summed E-state index contributed by atoms with van der Waals surface area (Å²) in [5.74, 6) is 0.617. The second-order valence-electron chi connectivity index (χ2n) is 7.15. The average molecular weight is 420 g/mol. The predicted octanol–water partition coefficient (Wildman–Crippen LogP) is 2.43. The normalized spacial score (nSPS) is 13.6. The molecule has 0 spiro atoms. The summed E-state index contributed by atoms with van der Waals surface area (Å²) in [6.07, 6.45) is 0.875. The maximum absolute atomic E-state index is 12.7. The van der Waals surface area contributed by atoms with Crippen LogP contribution in [-0.2, 0) is 15.4 Å². The fourth-order valence-electron chi connectivity index (χ4n) is 2.98. The van der Waals surface area contributed by atoms with Crippen LogP contribution >= 0.6 is 0 Å². The summed E-state index contributed by atoms with van der Waals surface area (Å²) in [5, 5.41) is 14.1. The lowest BCUT2D eigenvalue weighted by atomic mass is 9.93. The number of nitro benzene ring substituents is 1. The Morgan fingerprint density at radius 1 is 1.10 bits per heavy atom. The van der Waals surface area contributed by atoms with Crippen LogP contribution in [-0.4, -0.2) is 38.7 Å². The maximum Gasteiger partial charge on any atom is 0.288 e. The molecule has 1 N–H and O–H groups in total. The lowest BCUT2D eigenvalue weighted by Gasteiger charge is -2.28. The van der Waals surface area contributed by atoms with Crippen molar-refractivity contribution in [3.8, 4) is 11.5 Å². The van der Waals surface area contributed by atoms with Gasteiger partial charge in [-0.15, -0.1) is 0 Å². The molecule has 1 amide bonds. The van der Waals surface area contributed by atoms with E-state index in [9.17, 15) is 23.3 Å². The van der Waals surface area contributed by atoms with Crippen LogP contribution in [0.4, 0.5) is 5.69 Å². The highest BCUT2D eigenvalue weighted by molar-refractivity contribution is 7.90. The molecule has 2 aromatic carbocycles. The molecular formula is C19H20N2O7S. The van der Waals surface area contributed by atoms with Gasteiger partial charge in [0.25, 0.3) is 11.6 Å². The number of fused-ring (bicyclic) bond motifs is 1. The van der Waals surface area contributed by atoms with Crippen LogP contribution in [0.2, 0.25) is 0 Å². The Labute approximate surface area is 167 Å². The Bertz CT molecular complexity index is 1090. The molecule has 0 aliphatic carbocycles. The van der Waals surface area contributed by atoms with Gasteiger partial charge in [0.2, 0.25) is 0 Å². The van der Waals surface area contributed by atoms with Crippen molar-refractivity contribution >= 4 is 21.4 Å². The number of nitrogens with one attached hydrogen (secondary N) is 1. The highest BCUT2D eigenvalue weighted by Crippen LogP contribution is 2.34. The first-order valence-corrected chi connectivity index (χ1v) is 10.6. The summed E-state index contributed by atoms with van der Waals surface area (Å²) in [6.45, 7) is 4.44. The van der Waals surface area contributed by atoms with Crippen molar-refractivity contribution in [1.29, 1.82) is 0 Å². The number of benzene rings is 2. The van der Waals surface area contributed by atoms with E-state index in [0.717, 1.165) is 24.0 Å². The van der Waals surface area contributed by atoms with Gasteiger partial charge in [0.05, 0.1) is 10.5 Å². The van der Waals surface area contributed by atoms with Crippen LogP contribution in [0.25, 0.3) is 0 Å². The van der Waals surface area contributed by atoms with Gasteiger partial charge in [0.15, 0.2) is 21.3 Å². The van der Waals surface area contributed by atoms with Gasteiger partial charge in [0, 0.05) is 17.9 Å². The van der Waals surface area contributed by atoms with Crippen molar-refractivity contribution in [2.75, 3.05) is 19.5 Å². The molecule has 10 heteroatoms. The first-order valence-electron chi connectivity index (χ1n) is 8.70. The molecule has 0 saturated carbocycles. The van der Waals surface area contributed by atoms with Crippen LogP contribution < -0.4 is 14.8 Å². The molecule has 0 saturated heterocycles. The van der Waals surface area contributed by atoms with Crippen molar-refractivity contribution in [2.45, 2.75) is 24.3 Å². The topological polar surface area (TPSA) is 125 Å². The van der Waals surface area contributed by atoms with Crippen LogP contribution in [0.15, 0.2) is 41.3 Å². The molecule has 9 nitrogen and oxygen atoms in total. The third-order valence-electron chi connectivity index (χ3n) is 4.51. The summed E-state index contributed by atoms with van der Waals surface area (Å²) in [5.41, 5.74) is -0.749. The Balaban J connectivity index is 1.89. The molecule has 1 aliphatic rings. The number of sulfone groups is 1. The summed E-state index contributed by atoms with van der Waals surface area (Å²) in [7, 11) is -3.81. The van der Waals surface area contributed by atoms with Crippen molar-refractivity contribution < 1.29 is 27.6 Å². The van der Waals surface area contributed by atoms with Gasteiger partial charge in [-0.1, -0.05) is 6.07 Å². The highest BCUT2D eigenvalue weighted by Gasteiger charge is 2.28. The minimum Gasteiger partial charge on any atom is -0.486 e. The van der Waals surface area contributed by atoms with Crippen molar-refractivity contribution in [3.05, 3.63) is 57.6 Å². The zero-order valence-corrected chi connectivity index (χ0v) is 16.9. The molecule has 154 valence electrons. The minimum atomic E-state index is -3.81. The third-order valence-corrected chi connectivity index (χ3v) is 5.65. The maximum atomic E-state index is 12.7. The number of carbonyl (C=O) groups is 1. The number of carbonyl (C=O) groups excluding carboxylic acids is 1. The molecule has 29 heavy (non-hydrogen) atoms. The van der Waals surface area contributed by atoms with E-state index in [2.05, 4.69) is 5.32 Å². The van der Waals surface area contributed by atoms with Gasteiger partial charge in [-0.05, 0) is 43.7 Å². The van der Waals surface area contributed by atoms with Crippen LogP contribution in [0, 0.1) is 10.1 Å². The number of hydrogen-bond donors (Lipinski definition) is 1. The molecule has 0 radical (unpaired) electrons. The van der Waals surface area contributed by atoms with E-state index in [1.165, 1.54) is 6.07 Å². The molecule has 3 rings (SSSR count). The van der Waals surface area contributed by atoms with E-state index < -0.39 is 36.8 Å². The van der Waals surface area contributed by atoms with Crippen LogP contribution in [0.1, 0.15) is 29.8 Å². The number of nitrogens with zero attached hydrogens (tertiary/aromatic N) is 1. The molecule has 0 atom stereocenters. The number of nitro groups is 1. The van der Waals surface area contributed by atoms with Gasteiger partial charge in [0.1, 0.15) is 18.1 Å². The molecule has 0 aromatic heterocycles. The number of amides is 1. The summed E-state index contributed by atoms with van der Waals surface area (Å²) >= 11 is 0. The van der Waals surface area contributed by atoms with Crippen molar-refractivity contribution in [2.24, 2.45) is 0 Å². The first-order chi connectivity index (χ1) is 13.5. The van der Waals surface area contributed by atoms with E-state index in [1.54, 1.807) is 32.0 Å². The lowest BCUT2D eigenvalue weighted by Crippen LogP contribution is -2.41. The number of rotatable bonds is 5. The van der Waals surface area contributed by atoms with E-state index in [-0.39, 0.29) is 5.56 Å². The number of hydrogen-bond acceptors (Lipinski definition) is 7.